The van der Waals surface area contributed by atoms with Crippen molar-refractivity contribution in [2.24, 2.45) is 0 Å². The van der Waals surface area contributed by atoms with Crippen LogP contribution < -0.4 is 5.32 Å². The van der Waals surface area contributed by atoms with Gasteiger partial charge in [-0.15, -0.1) is 0 Å². The van der Waals surface area contributed by atoms with Crippen LogP contribution >= 0.6 is 0 Å². The van der Waals surface area contributed by atoms with E-state index in [1.807, 2.05) is 0 Å². The molecular formula is C16H22N6O2. The van der Waals surface area contributed by atoms with Crippen molar-refractivity contribution >= 4 is 0 Å². The highest BCUT2D eigenvalue weighted by molar-refractivity contribution is 5.45. The summed E-state index contributed by atoms with van der Waals surface area (Å²) in [4.78, 5) is 12.7. The van der Waals surface area contributed by atoms with Crippen molar-refractivity contribution < 1.29 is 9.47 Å². The zero-order valence-corrected chi connectivity index (χ0v) is 13.6. The first kappa shape index (κ1) is 15.6. The number of H-pyrrole nitrogens is 1. The Morgan fingerprint density at radius 3 is 3.00 bits per heavy atom. The summed E-state index contributed by atoms with van der Waals surface area (Å²) in [5, 5.41) is 10.8. The van der Waals surface area contributed by atoms with Crippen LogP contribution in [0.25, 0.3) is 11.5 Å². The summed E-state index contributed by atoms with van der Waals surface area (Å²) in [7, 11) is 0. The predicted octanol–water partition coefficient (Wildman–Crippen LogP) is 1.08. The minimum Gasteiger partial charge on any atom is -0.381 e. The van der Waals surface area contributed by atoms with Crippen molar-refractivity contribution in [3.8, 4) is 11.5 Å². The Balaban J connectivity index is 1.34. The molecule has 4 heterocycles. The van der Waals surface area contributed by atoms with Crippen LogP contribution in [0.5, 0.6) is 0 Å². The molecule has 1 atom stereocenters. The highest BCUT2D eigenvalue weighted by Gasteiger charge is 2.38. The monoisotopic (exact) mass is 330 g/mol. The SMILES string of the molecule is c1cnc(-c2n[nH]c(CN[C@@H]3CCOC4(CCOCC4)C3)n2)cn1. The molecule has 2 N–H and O–H groups in total. The van der Waals surface area contributed by atoms with Gasteiger partial charge in [0.05, 0.1) is 18.3 Å². The topological polar surface area (TPSA) is 97.8 Å². The second-order valence-electron chi connectivity index (χ2n) is 6.41. The summed E-state index contributed by atoms with van der Waals surface area (Å²) in [6.45, 7) is 3.07. The van der Waals surface area contributed by atoms with Gasteiger partial charge in [-0.1, -0.05) is 0 Å². The number of ether oxygens (including phenoxy) is 2. The van der Waals surface area contributed by atoms with Gasteiger partial charge < -0.3 is 14.8 Å². The van der Waals surface area contributed by atoms with E-state index < -0.39 is 0 Å². The molecule has 0 aromatic carbocycles. The molecule has 2 saturated heterocycles. The average molecular weight is 330 g/mol. The zero-order chi connectivity index (χ0) is 16.2. The maximum absolute atomic E-state index is 6.08. The number of hydrogen-bond donors (Lipinski definition) is 2. The minimum absolute atomic E-state index is 0.000366. The Hall–Kier alpha value is -1.90. The van der Waals surface area contributed by atoms with Crippen LogP contribution in [0.15, 0.2) is 18.6 Å². The van der Waals surface area contributed by atoms with E-state index in [4.69, 9.17) is 9.47 Å². The molecule has 0 bridgehead atoms. The van der Waals surface area contributed by atoms with Crippen molar-refractivity contribution in [3.63, 3.8) is 0 Å². The van der Waals surface area contributed by atoms with Crippen LogP contribution in [-0.4, -0.2) is 56.6 Å². The fraction of sp³-hybridized carbons (Fsp3) is 0.625. The number of aromatic amines is 1. The van der Waals surface area contributed by atoms with E-state index in [-0.39, 0.29) is 5.60 Å². The Morgan fingerprint density at radius 1 is 1.25 bits per heavy atom. The molecule has 0 unspecified atom stereocenters. The average Bonchev–Trinajstić information content (AvgIpc) is 3.11. The Morgan fingerprint density at radius 2 is 2.17 bits per heavy atom. The maximum Gasteiger partial charge on any atom is 0.201 e. The van der Waals surface area contributed by atoms with Gasteiger partial charge in [-0.2, -0.15) is 5.10 Å². The standard InChI is InChI=1S/C16H22N6O2/c1-6-24-16(2-7-23-8-3-16)9-12(1)19-11-14-20-15(22-21-14)13-10-17-4-5-18-13/h4-5,10,12,19H,1-3,6-9,11H2,(H,20,21,22)/t12-/m1/s1. The maximum atomic E-state index is 6.08. The molecular weight excluding hydrogens is 308 g/mol. The lowest BCUT2D eigenvalue weighted by molar-refractivity contribution is -0.140. The van der Waals surface area contributed by atoms with E-state index in [2.05, 4.69) is 30.5 Å². The summed E-state index contributed by atoms with van der Waals surface area (Å²) >= 11 is 0. The first-order valence-electron chi connectivity index (χ1n) is 8.46. The van der Waals surface area contributed by atoms with Gasteiger partial charge in [0.1, 0.15) is 11.5 Å². The van der Waals surface area contributed by atoms with Crippen molar-refractivity contribution in [1.29, 1.82) is 0 Å². The largest absolute Gasteiger partial charge is 0.381 e. The van der Waals surface area contributed by atoms with Crippen molar-refractivity contribution in [2.75, 3.05) is 19.8 Å². The zero-order valence-electron chi connectivity index (χ0n) is 13.6. The third kappa shape index (κ3) is 3.45. The van der Waals surface area contributed by atoms with Gasteiger partial charge in [0.15, 0.2) is 0 Å². The minimum atomic E-state index is 0.000366. The van der Waals surface area contributed by atoms with Crippen LogP contribution in [0.1, 0.15) is 31.5 Å². The first-order chi connectivity index (χ1) is 11.8. The summed E-state index contributed by atoms with van der Waals surface area (Å²) in [5.41, 5.74) is 0.674. The smallest absolute Gasteiger partial charge is 0.201 e. The molecule has 1 spiro atoms. The van der Waals surface area contributed by atoms with Crippen molar-refractivity contribution in [3.05, 3.63) is 24.4 Å². The Bertz CT molecular complexity index is 650. The summed E-state index contributed by atoms with van der Waals surface area (Å²) in [6, 6.07) is 0.432. The third-order valence-electron chi connectivity index (χ3n) is 4.78. The fourth-order valence-electron chi connectivity index (χ4n) is 3.44. The fourth-order valence-corrected chi connectivity index (χ4v) is 3.44. The highest BCUT2D eigenvalue weighted by atomic mass is 16.5. The molecule has 2 aliphatic rings. The molecule has 0 saturated carbocycles. The van der Waals surface area contributed by atoms with E-state index in [9.17, 15) is 0 Å². The van der Waals surface area contributed by atoms with Gasteiger partial charge in [0, 0.05) is 38.3 Å². The van der Waals surface area contributed by atoms with Crippen LogP contribution in [0.3, 0.4) is 0 Å². The van der Waals surface area contributed by atoms with Gasteiger partial charge in [-0.3, -0.25) is 10.1 Å². The lowest BCUT2D eigenvalue weighted by atomic mass is 9.84. The molecule has 2 aliphatic heterocycles. The first-order valence-corrected chi connectivity index (χ1v) is 8.46. The van der Waals surface area contributed by atoms with Crippen molar-refractivity contribution in [1.82, 2.24) is 30.5 Å². The van der Waals surface area contributed by atoms with E-state index in [1.165, 1.54) is 0 Å². The molecule has 2 fully saturated rings. The van der Waals surface area contributed by atoms with E-state index in [0.717, 1.165) is 51.3 Å². The molecule has 128 valence electrons. The second-order valence-corrected chi connectivity index (χ2v) is 6.41. The quantitative estimate of drug-likeness (QED) is 0.865. The molecule has 8 nitrogen and oxygen atoms in total. The highest BCUT2D eigenvalue weighted by Crippen LogP contribution is 2.34. The molecule has 0 radical (unpaired) electrons. The van der Waals surface area contributed by atoms with Gasteiger partial charge in [0.2, 0.25) is 5.82 Å². The normalized spacial score (nSPS) is 23.4. The van der Waals surface area contributed by atoms with Gasteiger partial charge in [-0.05, 0) is 25.7 Å². The number of nitrogens with zero attached hydrogens (tertiary/aromatic N) is 4. The van der Waals surface area contributed by atoms with Crippen LogP contribution in [-0.2, 0) is 16.0 Å². The van der Waals surface area contributed by atoms with E-state index in [0.29, 0.717) is 24.1 Å². The summed E-state index contributed by atoms with van der Waals surface area (Å²) in [5.74, 6) is 1.39. The molecule has 2 aromatic heterocycles. The molecule has 8 heteroatoms. The predicted molar refractivity (Wildman–Crippen MR) is 86.0 cm³/mol. The lowest BCUT2D eigenvalue weighted by Gasteiger charge is -2.43. The van der Waals surface area contributed by atoms with Gasteiger partial charge in [-0.25, -0.2) is 9.97 Å². The number of aromatic nitrogens is 5. The van der Waals surface area contributed by atoms with Gasteiger partial charge >= 0.3 is 0 Å². The molecule has 0 aliphatic carbocycles. The van der Waals surface area contributed by atoms with Crippen LogP contribution in [0, 0.1) is 0 Å². The third-order valence-corrected chi connectivity index (χ3v) is 4.78. The molecule has 4 rings (SSSR count). The van der Waals surface area contributed by atoms with Gasteiger partial charge in [0.25, 0.3) is 0 Å². The lowest BCUT2D eigenvalue weighted by Crippen LogP contribution is -2.49. The summed E-state index contributed by atoms with van der Waals surface area (Å²) < 4.78 is 11.6. The molecule has 24 heavy (non-hydrogen) atoms. The number of nitrogens with one attached hydrogen (secondary N) is 2. The molecule has 0 amide bonds. The molecule has 2 aromatic rings. The Labute approximate surface area is 140 Å². The van der Waals surface area contributed by atoms with Crippen molar-refractivity contribution in [2.45, 2.75) is 43.9 Å². The summed E-state index contributed by atoms with van der Waals surface area (Å²) in [6.07, 6.45) is 8.96. The van der Waals surface area contributed by atoms with Crippen LogP contribution in [0.2, 0.25) is 0 Å². The van der Waals surface area contributed by atoms with E-state index >= 15 is 0 Å². The number of hydrogen-bond acceptors (Lipinski definition) is 7. The van der Waals surface area contributed by atoms with E-state index in [1.54, 1.807) is 18.6 Å². The van der Waals surface area contributed by atoms with Crippen LogP contribution in [0.4, 0.5) is 0 Å². The second kappa shape index (κ2) is 6.92. The number of rotatable bonds is 4. The Kier molecular flexibility index (Phi) is 4.50.